The molecule has 25 heavy (non-hydrogen) atoms. The van der Waals surface area contributed by atoms with E-state index < -0.39 is 0 Å². The van der Waals surface area contributed by atoms with Crippen molar-refractivity contribution in [3.05, 3.63) is 40.5 Å². The molecule has 0 unspecified atom stereocenters. The molecule has 1 saturated heterocycles. The second-order valence-corrected chi connectivity index (χ2v) is 7.33. The largest absolute Gasteiger partial charge is 0.349 e. The predicted octanol–water partition coefficient (Wildman–Crippen LogP) is 2.80. The van der Waals surface area contributed by atoms with Crippen molar-refractivity contribution in [2.75, 3.05) is 31.1 Å². The smallest absolute Gasteiger partial charge is 0.233 e. The highest BCUT2D eigenvalue weighted by atomic mass is 35.5. The maximum atomic E-state index is 13.3. The van der Waals surface area contributed by atoms with Gasteiger partial charge >= 0.3 is 0 Å². The Bertz CT molecular complexity index is 762. The summed E-state index contributed by atoms with van der Waals surface area (Å²) in [7, 11) is 0. The normalized spacial score (nSPS) is 19.6. The topological polar surface area (TPSA) is 62.5 Å². The number of nitrogens with zero attached hydrogens (tertiary/aromatic N) is 4. The number of aryl methyl sites for hydroxylation is 1. The molecule has 2 fully saturated rings. The van der Waals surface area contributed by atoms with E-state index in [0.29, 0.717) is 18.1 Å². The van der Waals surface area contributed by atoms with Crippen molar-refractivity contribution in [2.24, 2.45) is 0 Å². The summed E-state index contributed by atoms with van der Waals surface area (Å²) < 4.78 is 4.79. The van der Waals surface area contributed by atoms with Gasteiger partial charge in [-0.3, -0.25) is 4.79 Å². The molecule has 0 bridgehead atoms. The molecule has 0 N–H and O–H groups in total. The zero-order valence-electron chi connectivity index (χ0n) is 14.2. The van der Waals surface area contributed by atoms with E-state index in [9.17, 15) is 4.79 Å². The number of amides is 1. The molecule has 4 rings (SSSR count). The Morgan fingerprint density at radius 1 is 1.12 bits per heavy atom. The zero-order valence-corrected chi connectivity index (χ0v) is 15.0. The highest BCUT2D eigenvalue weighted by Crippen LogP contribution is 2.45. The standard InChI is InChI=1S/C18H21ClN4O2/c1-13-16(21-25-20-13)22-9-11-23(12-10-22)17(24)18(7-2-8-18)14-3-5-15(19)6-4-14/h3-6H,2,7-12H2,1H3. The third-order valence-corrected chi connectivity index (χ3v) is 5.76. The molecule has 1 aliphatic carbocycles. The first kappa shape index (κ1) is 16.4. The first-order chi connectivity index (χ1) is 12.1. The van der Waals surface area contributed by atoms with E-state index in [-0.39, 0.29) is 11.3 Å². The molecule has 1 aliphatic heterocycles. The van der Waals surface area contributed by atoms with Crippen molar-refractivity contribution in [1.82, 2.24) is 15.2 Å². The number of piperazine rings is 1. The van der Waals surface area contributed by atoms with Crippen LogP contribution in [0.2, 0.25) is 5.02 Å². The number of carbonyl (C=O) groups is 1. The molecule has 2 aromatic rings. The van der Waals surface area contributed by atoms with Crippen LogP contribution in [0.25, 0.3) is 0 Å². The van der Waals surface area contributed by atoms with Gasteiger partial charge in [-0.05, 0) is 42.6 Å². The van der Waals surface area contributed by atoms with Crippen LogP contribution in [0.3, 0.4) is 0 Å². The van der Waals surface area contributed by atoms with Crippen LogP contribution in [-0.4, -0.2) is 47.3 Å². The molecule has 132 valence electrons. The quantitative estimate of drug-likeness (QED) is 0.842. The van der Waals surface area contributed by atoms with Gasteiger partial charge in [0.25, 0.3) is 0 Å². The van der Waals surface area contributed by atoms with Crippen LogP contribution in [0.4, 0.5) is 5.82 Å². The summed E-state index contributed by atoms with van der Waals surface area (Å²) in [6.07, 6.45) is 2.93. The minimum Gasteiger partial charge on any atom is -0.349 e. The first-order valence-electron chi connectivity index (χ1n) is 8.70. The Kier molecular flexibility index (Phi) is 4.15. The van der Waals surface area contributed by atoms with Crippen molar-refractivity contribution in [1.29, 1.82) is 0 Å². The zero-order chi connectivity index (χ0) is 17.4. The lowest BCUT2D eigenvalue weighted by Crippen LogP contribution is -2.57. The van der Waals surface area contributed by atoms with Crippen molar-refractivity contribution >= 4 is 23.3 Å². The molecule has 1 amide bonds. The Morgan fingerprint density at radius 3 is 2.32 bits per heavy atom. The van der Waals surface area contributed by atoms with Gasteiger partial charge in [-0.25, -0.2) is 4.63 Å². The van der Waals surface area contributed by atoms with Gasteiger partial charge in [-0.2, -0.15) is 0 Å². The Morgan fingerprint density at radius 2 is 1.80 bits per heavy atom. The van der Waals surface area contributed by atoms with Crippen LogP contribution in [0, 0.1) is 6.92 Å². The van der Waals surface area contributed by atoms with Crippen molar-refractivity contribution in [3.8, 4) is 0 Å². The molecule has 7 heteroatoms. The van der Waals surface area contributed by atoms with Gasteiger partial charge in [0.1, 0.15) is 5.69 Å². The van der Waals surface area contributed by atoms with Crippen LogP contribution in [0.1, 0.15) is 30.5 Å². The molecule has 0 radical (unpaired) electrons. The fourth-order valence-electron chi connectivity index (χ4n) is 3.86. The van der Waals surface area contributed by atoms with Gasteiger partial charge < -0.3 is 9.80 Å². The maximum absolute atomic E-state index is 13.3. The fraction of sp³-hybridized carbons (Fsp3) is 0.500. The Hall–Kier alpha value is -2.08. The predicted molar refractivity (Wildman–Crippen MR) is 94.8 cm³/mol. The summed E-state index contributed by atoms with van der Waals surface area (Å²) >= 11 is 6.01. The van der Waals surface area contributed by atoms with E-state index in [0.717, 1.165) is 49.4 Å². The molecule has 0 atom stereocenters. The van der Waals surface area contributed by atoms with Crippen LogP contribution in [-0.2, 0) is 10.2 Å². The average Bonchev–Trinajstić information content (AvgIpc) is 3.01. The fourth-order valence-corrected chi connectivity index (χ4v) is 3.99. The second kappa shape index (κ2) is 6.33. The number of halogens is 1. The molecule has 2 aliphatic rings. The minimum absolute atomic E-state index is 0.246. The number of hydrogen-bond acceptors (Lipinski definition) is 5. The van der Waals surface area contributed by atoms with E-state index in [4.69, 9.17) is 16.2 Å². The highest BCUT2D eigenvalue weighted by Gasteiger charge is 2.48. The summed E-state index contributed by atoms with van der Waals surface area (Å²) in [5, 5.41) is 8.50. The molecule has 1 aromatic heterocycles. The summed E-state index contributed by atoms with van der Waals surface area (Å²) in [5.41, 5.74) is 1.52. The third kappa shape index (κ3) is 2.78. The number of anilines is 1. The Labute approximate surface area is 151 Å². The summed E-state index contributed by atoms with van der Waals surface area (Å²) in [6.45, 7) is 4.77. The SMILES string of the molecule is Cc1nonc1N1CCN(C(=O)C2(c3ccc(Cl)cc3)CCC2)CC1. The number of hydrogen-bond donors (Lipinski definition) is 0. The van der Waals surface area contributed by atoms with Gasteiger partial charge in [0.2, 0.25) is 5.91 Å². The summed E-state index contributed by atoms with van der Waals surface area (Å²) in [6, 6.07) is 7.76. The lowest BCUT2D eigenvalue weighted by atomic mass is 9.63. The molecule has 1 aromatic carbocycles. The number of aromatic nitrogens is 2. The van der Waals surface area contributed by atoms with Crippen LogP contribution in [0.15, 0.2) is 28.9 Å². The van der Waals surface area contributed by atoms with Gasteiger partial charge in [-0.15, -0.1) is 0 Å². The molecule has 2 heterocycles. The summed E-state index contributed by atoms with van der Waals surface area (Å²) in [5.74, 6) is 1.03. The molecule has 1 saturated carbocycles. The second-order valence-electron chi connectivity index (χ2n) is 6.90. The number of benzene rings is 1. The van der Waals surface area contributed by atoms with Gasteiger partial charge in [0.15, 0.2) is 5.82 Å². The summed E-state index contributed by atoms with van der Waals surface area (Å²) in [4.78, 5) is 17.4. The minimum atomic E-state index is -0.363. The van der Waals surface area contributed by atoms with Crippen molar-refractivity contribution in [2.45, 2.75) is 31.6 Å². The van der Waals surface area contributed by atoms with E-state index in [1.54, 1.807) is 0 Å². The lowest BCUT2D eigenvalue weighted by Gasteiger charge is -2.46. The van der Waals surface area contributed by atoms with E-state index in [2.05, 4.69) is 15.2 Å². The maximum Gasteiger partial charge on any atom is 0.233 e. The van der Waals surface area contributed by atoms with Gasteiger partial charge in [-0.1, -0.05) is 35.3 Å². The average molecular weight is 361 g/mol. The van der Waals surface area contributed by atoms with Crippen molar-refractivity contribution < 1.29 is 9.42 Å². The lowest BCUT2D eigenvalue weighted by molar-refractivity contribution is -0.141. The number of carbonyl (C=O) groups excluding carboxylic acids is 1. The van der Waals surface area contributed by atoms with E-state index >= 15 is 0 Å². The molecule has 0 spiro atoms. The van der Waals surface area contributed by atoms with Crippen LogP contribution >= 0.6 is 11.6 Å². The Balaban J connectivity index is 1.48. The number of rotatable bonds is 3. The first-order valence-corrected chi connectivity index (χ1v) is 9.07. The highest BCUT2D eigenvalue weighted by molar-refractivity contribution is 6.30. The van der Waals surface area contributed by atoms with Crippen LogP contribution in [0.5, 0.6) is 0 Å². The van der Waals surface area contributed by atoms with E-state index in [1.165, 1.54) is 0 Å². The van der Waals surface area contributed by atoms with Gasteiger partial charge in [0.05, 0.1) is 5.41 Å². The molecular weight excluding hydrogens is 340 g/mol. The third-order valence-electron chi connectivity index (χ3n) is 5.51. The van der Waals surface area contributed by atoms with Gasteiger partial charge in [0, 0.05) is 31.2 Å². The van der Waals surface area contributed by atoms with Crippen LogP contribution < -0.4 is 4.90 Å². The van der Waals surface area contributed by atoms with E-state index in [1.807, 2.05) is 36.1 Å². The molecular formula is C18H21ClN4O2. The van der Waals surface area contributed by atoms with Crippen molar-refractivity contribution in [3.63, 3.8) is 0 Å². The molecule has 6 nitrogen and oxygen atoms in total. The monoisotopic (exact) mass is 360 g/mol.